The molecule has 1 atom stereocenters. The van der Waals surface area contributed by atoms with Crippen LogP contribution in [0.15, 0.2) is 24.3 Å². The fourth-order valence-corrected chi connectivity index (χ4v) is 2.41. The van der Waals surface area contributed by atoms with Gasteiger partial charge in [-0.3, -0.25) is 4.79 Å². The summed E-state index contributed by atoms with van der Waals surface area (Å²) in [6.45, 7) is 3.07. The Hall–Kier alpha value is -1.39. The average Bonchev–Trinajstić information content (AvgIpc) is 2.90. The van der Waals surface area contributed by atoms with Crippen LogP contribution in [0.3, 0.4) is 0 Å². The fourth-order valence-electron chi connectivity index (χ4n) is 2.41. The highest BCUT2D eigenvalue weighted by Crippen LogP contribution is 2.16. The normalized spacial score (nSPS) is 18.4. The molecule has 4 nitrogen and oxygen atoms in total. The molecular weight excluding hydrogens is 252 g/mol. The van der Waals surface area contributed by atoms with Crippen molar-refractivity contribution in [3.05, 3.63) is 35.4 Å². The van der Waals surface area contributed by atoms with Crippen molar-refractivity contribution in [1.82, 2.24) is 10.2 Å². The number of nitrogens with zero attached hydrogens (tertiary/aromatic N) is 1. The molecule has 2 rings (SSSR count). The van der Waals surface area contributed by atoms with E-state index >= 15 is 0 Å². The number of carbonyl (C=O) groups is 1. The maximum atomic E-state index is 11.8. The van der Waals surface area contributed by atoms with E-state index in [2.05, 4.69) is 48.6 Å². The topological polar surface area (TPSA) is 41.6 Å². The predicted molar refractivity (Wildman–Crippen MR) is 79.2 cm³/mol. The number of hydrogen-bond donors (Lipinski definition) is 1. The molecule has 20 heavy (non-hydrogen) atoms. The molecule has 1 aromatic rings. The monoisotopic (exact) mass is 276 g/mol. The Morgan fingerprint density at radius 3 is 2.60 bits per heavy atom. The third-order valence-corrected chi connectivity index (χ3v) is 3.51. The highest BCUT2D eigenvalue weighted by molar-refractivity contribution is 5.76. The number of benzene rings is 1. The molecule has 1 fully saturated rings. The van der Waals surface area contributed by atoms with Gasteiger partial charge in [-0.1, -0.05) is 24.3 Å². The molecule has 1 heterocycles. The van der Waals surface area contributed by atoms with Gasteiger partial charge in [-0.05, 0) is 37.6 Å². The van der Waals surface area contributed by atoms with Crippen molar-refractivity contribution < 1.29 is 9.53 Å². The van der Waals surface area contributed by atoms with Crippen LogP contribution in [-0.2, 0) is 22.6 Å². The first kappa shape index (κ1) is 15.0. The molecule has 0 saturated carbocycles. The van der Waals surface area contributed by atoms with Crippen LogP contribution >= 0.6 is 0 Å². The van der Waals surface area contributed by atoms with Crippen molar-refractivity contribution in [2.24, 2.45) is 5.92 Å². The Bertz CT molecular complexity index is 423. The Morgan fingerprint density at radius 2 is 2.00 bits per heavy atom. The summed E-state index contributed by atoms with van der Waals surface area (Å²) in [6.07, 6.45) is 1.59. The van der Waals surface area contributed by atoms with Gasteiger partial charge in [-0.2, -0.15) is 0 Å². The van der Waals surface area contributed by atoms with Crippen LogP contribution in [-0.4, -0.2) is 38.1 Å². The van der Waals surface area contributed by atoms with Gasteiger partial charge in [0, 0.05) is 32.7 Å². The molecular formula is C16H24N2O2. The zero-order valence-electron chi connectivity index (χ0n) is 12.4. The molecule has 1 unspecified atom stereocenters. The van der Waals surface area contributed by atoms with Gasteiger partial charge in [0.15, 0.2) is 0 Å². The summed E-state index contributed by atoms with van der Waals surface area (Å²) < 4.78 is 5.28. The Kier molecular flexibility index (Phi) is 5.56. The highest BCUT2D eigenvalue weighted by Gasteiger charge is 2.18. The van der Waals surface area contributed by atoms with Crippen molar-refractivity contribution in [1.29, 1.82) is 0 Å². The van der Waals surface area contributed by atoms with E-state index in [9.17, 15) is 4.79 Å². The van der Waals surface area contributed by atoms with Crippen LogP contribution in [0.25, 0.3) is 0 Å². The molecule has 0 spiro atoms. The quantitative estimate of drug-likeness (QED) is 0.861. The Morgan fingerprint density at radius 1 is 1.30 bits per heavy atom. The molecule has 1 aromatic carbocycles. The lowest BCUT2D eigenvalue weighted by Gasteiger charge is -2.11. The van der Waals surface area contributed by atoms with Gasteiger partial charge in [-0.15, -0.1) is 0 Å². The third-order valence-electron chi connectivity index (χ3n) is 3.51. The van der Waals surface area contributed by atoms with E-state index in [0.29, 0.717) is 18.9 Å². The fraction of sp³-hybridized carbons (Fsp3) is 0.562. The zero-order chi connectivity index (χ0) is 14.4. The molecule has 1 saturated heterocycles. The summed E-state index contributed by atoms with van der Waals surface area (Å²) in [5.41, 5.74) is 2.43. The van der Waals surface area contributed by atoms with Gasteiger partial charge in [0.05, 0.1) is 0 Å². The maximum Gasteiger partial charge on any atom is 0.220 e. The average molecular weight is 276 g/mol. The maximum absolute atomic E-state index is 11.8. The molecule has 1 aliphatic heterocycles. The van der Waals surface area contributed by atoms with E-state index in [1.807, 2.05) is 0 Å². The minimum absolute atomic E-state index is 0.123. The van der Waals surface area contributed by atoms with Crippen LogP contribution < -0.4 is 5.32 Å². The van der Waals surface area contributed by atoms with Gasteiger partial charge in [0.1, 0.15) is 0 Å². The highest BCUT2D eigenvalue weighted by atomic mass is 16.5. The van der Waals surface area contributed by atoms with Crippen molar-refractivity contribution in [3.8, 4) is 0 Å². The number of carbonyl (C=O) groups excluding carboxylic acids is 1. The molecule has 1 N–H and O–H groups in total. The van der Waals surface area contributed by atoms with E-state index in [4.69, 9.17) is 4.74 Å². The Balaban J connectivity index is 1.74. The van der Waals surface area contributed by atoms with E-state index in [1.165, 1.54) is 5.56 Å². The molecule has 1 amide bonds. The molecule has 0 radical (unpaired) electrons. The van der Waals surface area contributed by atoms with Gasteiger partial charge >= 0.3 is 0 Å². The molecule has 110 valence electrons. The van der Waals surface area contributed by atoms with Crippen molar-refractivity contribution in [3.63, 3.8) is 0 Å². The summed E-state index contributed by atoms with van der Waals surface area (Å²) in [5, 5.41) is 2.98. The number of nitrogens with one attached hydrogen (secondary N) is 1. The summed E-state index contributed by atoms with van der Waals surface area (Å²) >= 11 is 0. The zero-order valence-corrected chi connectivity index (χ0v) is 12.4. The summed E-state index contributed by atoms with van der Waals surface area (Å²) in [5.74, 6) is 0.523. The van der Waals surface area contributed by atoms with E-state index < -0.39 is 0 Å². The number of hydrogen-bond acceptors (Lipinski definition) is 3. The minimum atomic E-state index is 0.123. The van der Waals surface area contributed by atoms with Crippen molar-refractivity contribution in [2.75, 3.05) is 27.3 Å². The molecule has 0 bridgehead atoms. The van der Waals surface area contributed by atoms with Crippen molar-refractivity contribution in [2.45, 2.75) is 25.9 Å². The van der Waals surface area contributed by atoms with Gasteiger partial charge in [0.25, 0.3) is 0 Å². The van der Waals surface area contributed by atoms with Gasteiger partial charge in [0.2, 0.25) is 5.91 Å². The summed E-state index contributed by atoms with van der Waals surface area (Å²) in [4.78, 5) is 14.0. The van der Waals surface area contributed by atoms with Gasteiger partial charge in [-0.25, -0.2) is 0 Å². The number of amides is 1. The summed E-state index contributed by atoms with van der Waals surface area (Å²) in [7, 11) is 4.11. The standard InChI is InChI=1S/C16H24N2O2/c1-18(2)11-14-5-3-13(4-6-14)10-17-16(19)9-15-7-8-20-12-15/h3-6,15H,7-12H2,1-2H3,(H,17,19). The lowest BCUT2D eigenvalue weighted by atomic mass is 10.0. The van der Waals surface area contributed by atoms with Crippen LogP contribution in [0.4, 0.5) is 0 Å². The first-order valence-electron chi connectivity index (χ1n) is 7.20. The second-order valence-corrected chi connectivity index (χ2v) is 5.76. The first-order valence-corrected chi connectivity index (χ1v) is 7.20. The summed E-state index contributed by atoms with van der Waals surface area (Å²) in [6, 6.07) is 8.40. The van der Waals surface area contributed by atoms with E-state index in [0.717, 1.165) is 31.7 Å². The second-order valence-electron chi connectivity index (χ2n) is 5.76. The SMILES string of the molecule is CN(C)Cc1ccc(CNC(=O)CC2CCOC2)cc1. The number of ether oxygens (including phenoxy) is 1. The second kappa shape index (κ2) is 7.41. The van der Waals surface area contributed by atoms with Crippen LogP contribution in [0, 0.1) is 5.92 Å². The Labute approximate surface area is 121 Å². The first-order chi connectivity index (χ1) is 9.63. The predicted octanol–water partition coefficient (Wildman–Crippen LogP) is 1.79. The van der Waals surface area contributed by atoms with Gasteiger partial charge < -0.3 is 15.0 Å². The smallest absolute Gasteiger partial charge is 0.220 e. The number of rotatable bonds is 6. The lowest BCUT2D eigenvalue weighted by Crippen LogP contribution is -2.25. The largest absolute Gasteiger partial charge is 0.381 e. The molecule has 4 heteroatoms. The van der Waals surface area contributed by atoms with Crippen molar-refractivity contribution >= 4 is 5.91 Å². The molecule has 0 aliphatic carbocycles. The van der Waals surface area contributed by atoms with Crippen LogP contribution in [0.2, 0.25) is 0 Å². The minimum Gasteiger partial charge on any atom is -0.381 e. The lowest BCUT2D eigenvalue weighted by molar-refractivity contribution is -0.122. The molecule has 1 aliphatic rings. The van der Waals surface area contributed by atoms with E-state index in [1.54, 1.807) is 0 Å². The van der Waals surface area contributed by atoms with Crippen LogP contribution in [0.1, 0.15) is 24.0 Å². The van der Waals surface area contributed by atoms with E-state index in [-0.39, 0.29) is 5.91 Å². The van der Waals surface area contributed by atoms with Crippen LogP contribution in [0.5, 0.6) is 0 Å². The third kappa shape index (κ3) is 4.94. The molecule has 0 aromatic heterocycles.